The number of nitrogens with zero attached hydrogens (tertiary/aromatic N) is 2. The van der Waals surface area contributed by atoms with Gasteiger partial charge in [-0.05, 0) is 64.0 Å². The van der Waals surface area contributed by atoms with Crippen molar-refractivity contribution in [3.05, 3.63) is 92.4 Å². The predicted octanol–water partition coefficient (Wildman–Crippen LogP) is 5.51. The van der Waals surface area contributed by atoms with E-state index in [1.165, 1.54) is 12.1 Å². The van der Waals surface area contributed by atoms with Crippen LogP contribution in [0.15, 0.2) is 69.7 Å². The summed E-state index contributed by atoms with van der Waals surface area (Å²) in [6.45, 7) is 0.348. The zero-order valence-electron chi connectivity index (χ0n) is 14.0. The zero-order valence-corrected chi connectivity index (χ0v) is 17.2. The molecule has 1 N–H and O–H groups in total. The maximum absolute atomic E-state index is 13.2. The summed E-state index contributed by atoms with van der Waals surface area (Å²) in [7, 11) is 0. The molecule has 0 radical (unpaired) electrons. The van der Waals surface area contributed by atoms with Crippen LogP contribution in [0, 0.1) is 5.82 Å². The van der Waals surface area contributed by atoms with E-state index in [4.69, 9.17) is 0 Å². The highest BCUT2D eigenvalue weighted by atomic mass is 79.9. The SMILES string of the molecule is O=C1c2cccnc2[C@H](Nc2ccc(Br)cc2Br)N1Cc1ccc(F)cc1. The van der Waals surface area contributed by atoms with Crippen LogP contribution in [0.25, 0.3) is 0 Å². The molecule has 2 heterocycles. The molecular formula is C20H14Br2FN3O. The maximum atomic E-state index is 13.2. The van der Waals surface area contributed by atoms with Crippen LogP contribution in [-0.4, -0.2) is 15.8 Å². The molecule has 136 valence electrons. The first kappa shape index (κ1) is 18.1. The van der Waals surface area contributed by atoms with Crippen molar-refractivity contribution < 1.29 is 9.18 Å². The second-order valence-electron chi connectivity index (χ2n) is 6.17. The van der Waals surface area contributed by atoms with Gasteiger partial charge in [-0.3, -0.25) is 9.78 Å². The number of halogens is 3. The minimum absolute atomic E-state index is 0.104. The number of carbonyl (C=O) groups excluding carboxylic acids is 1. The summed E-state index contributed by atoms with van der Waals surface area (Å²) in [5, 5.41) is 3.41. The van der Waals surface area contributed by atoms with E-state index in [0.29, 0.717) is 17.8 Å². The molecule has 1 aliphatic rings. The Morgan fingerprint density at radius 2 is 1.89 bits per heavy atom. The molecular weight excluding hydrogens is 477 g/mol. The quantitative estimate of drug-likeness (QED) is 0.524. The normalized spacial score (nSPS) is 15.7. The number of aromatic nitrogens is 1. The number of carbonyl (C=O) groups is 1. The lowest BCUT2D eigenvalue weighted by atomic mass is 10.2. The standard InChI is InChI=1S/C20H14Br2FN3O/c21-13-5-8-17(16(22)10-13)25-19-18-15(2-1-9-24-18)20(27)26(19)11-12-3-6-14(23)7-4-12/h1-10,19,25H,11H2/t19-/m1/s1. The lowest BCUT2D eigenvalue weighted by molar-refractivity contribution is 0.0727. The Hall–Kier alpha value is -2.25. The Morgan fingerprint density at radius 3 is 2.63 bits per heavy atom. The number of pyridine rings is 1. The monoisotopic (exact) mass is 489 g/mol. The Kier molecular flexibility index (Phi) is 4.97. The van der Waals surface area contributed by atoms with E-state index in [1.54, 1.807) is 35.4 Å². The first-order valence-electron chi connectivity index (χ1n) is 8.25. The third-order valence-electron chi connectivity index (χ3n) is 4.39. The molecule has 1 aromatic heterocycles. The van der Waals surface area contributed by atoms with Gasteiger partial charge >= 0.3 is 0 Å². The number of nitrogens with one attached hydrogen (secondary N) is 1. The van der Waals surface area contributed by atoms with E-state index in [9.17, 15) is 9.18 Å². The zero-order chi connectivity index (χ0) is 19.0. The van der Waals surface area contributed by atoms with Crippen molar-refractivity contribution in [2.75, 3.05) is 5.32 Å². The highest BCUT2D eigenvalue weighted by Crippen LogP contribution is 2.36. The third kappa shape index (κ3) is 3.61. The fraction of sp³-hybridized carbons (Fsp3) is 0.100. The third-order valence-corrected chi connectivity index (χ3v) is 5.54. The average molecular weight is 491 g/mol. The van der Waals surface area contributed by atoms with E-state index < -0.39 is 6.17 Å². The van der Waals surface area contributed by atoms with Crippen molar-refractivity contribution in [1.29, 1.82) is 0 Å². The Bertz CT molecular complexity index is 1010. The van der Waals surface area contributed by atoms with E-state index in [2.05, 4.69) is 42.2 Å². The number of hydrogen-bond donors (Lipinski definition) is 1. The molecule has 4 rings (SSSR count). The van der Waals surface area contributed by atoms with Crippen LogP contribution >= 0.6 is 31.9 Å². The van der Waals surface area contributed by atoms with E-state index in [0.717, 1.165) is 20.2 Å². The predicted molar refractivity (Wildman–Crippen MR) is 109 cm³/mol. The second kappa shape index (κ2) is 7.40. The summed E-state index contributed by atoms with van der Waals surface area (Å²) < 4.78 is 15.0. The number of anilines is 1. The maximum Gasteiger partial charge on any atom is 0.258 e. The Labute approximate surface area is 172 Å². The van der Waals surface area contributed by atoms with Gasteiger partial charge in [0.1, 0.15) is 12.0 Å². The largest absolute Gasteiger partial charge is 0.359 e. The molecule has 3 aromatic rings. The van der Waals surface area contributed by atoms with Crippen molar-refractivity contribution in [3.63, 3.8) is 0 Å². The number of hydrogen-bond acceptors (Lipinski definition) is 3. The molecule has 7 heteroatoms. The van der Waals surface area contributed by atoms with Gasteiger partial charge < -0.3 is 10.2 Å². The van der Waals surface area contributed by atoms with Gasteiger partial charge in [-0.1, -0.05) is 28.1 Å². The topological polar surface area (TPSA) is 45.2 Å². The first-order chi connectivity index (χ1) is 13.0. The van der Waals surface area contributed by atoms with Crippen LogP contribution in [0.3, 0.4) is 0 Å². The highest BCUT2D eigenvalue weighted by molar-refractivity contribution is 9.11. The van der Waals surface area contributed by atoms with Crippen molar-refractivity contribution in [2.45, 2.75) is 12.7 Å². The van der Waals surface area contributed by atoms with Gasteiger partial charge in [-0.2, -0.15) is 0 Å². The Morgan fingerprint density at radius 1 is 1.11 bits per heavy atom. The van der Waals surface area contributed by atoms with Crippen LogP contribution in [-0.2, 0) is 6.54 Å². The molecule has 4 nitrogen and oxygen atoms in total. The second-order valence-corrected chi connectivity index (χ2v) is 7.94. The molecule has 2 aromatic carbocycles. The van der Waals surface area contributed by atoms with Crippen LogP contribution < -0.4 is 5.32 Å². The van der Waals surface area contributed by atoms with Crippen LogP contribution in [0.4, 0.5) is 10.1 Å². The van der Waals surface area contributed by atoms with Crippen LogP contribution in [0.1, 0.15) is 27.8 Å². The molecule has 0 saturated heterocycles. The van der Waals surface area contributed by atoms with E-state index >= 15 is 0 Å². The molecule has 0 unspecified atom stereocenters. The van der Waals surface area contributed by atoms with E-state index in [-0.39, 0.29) is 11.7 Å². The summed E-state index contributed by atoms with van der Waals surface area (Å²) >= 11 is 6.99. The highest BCUT2D eigenvalue weighted by Gasteiger charge is 2.38. The molecule has 1 aliphatic heterocycles. The first-order valence-corrected chi connectivity index (χ1v) is 9.83. The minimum atomic E-state index is -0.420. The molecule has 1 amide bonds. The van der Waals surface area contributed by atoms with Crippen LogP contribution in [0.5, 0.6) is 0 Å². The molecule has 0 spiro atoms. The number of amides is 1. The summed E-state index contributed by atoms with van der Waals surface area (Å²) in [5.74, 6) is -0.405. The van der Waals surface area contributed by atoms with Crippen molar-refractivity contribution >= 4 is 43.5 Å². The van der Waals surface area contributed by atoms with Gasteiger partial charge in [0, 0.05) is 21.7 Å². The smallest absolute Gasteiger partial charge is 0.258 e. The van der Waals surface area contributed by atoms with Gasteiger partial charge in [-0.15, -0.1) is 0 Å². The number of rotatable bonds is 4. The molecule has 0 aliphatic carbocycles. The summed E-state index contributed by atoms with van der Waals surface area (Å²) in [6.07, 6.45) is 1.26. The lowest BCUT2D eigenvalue weighted by Gasteiger charge is -2.27. The van der Waals surface area contributed by atoms with Gasteiger partial charge in [0.05, 0.1) is 16.9 Å². The summed E-state index contributed by atoms with van der Waals surface area (Å²) in [6, 6.07) is 15.5. The summed E-state index contributed by atoms with van der Waals surface area (Å²) in [4.78, 5) is 19.1. The average Bonchev–Trinajstić information content (AvgIpc) is 2.92. The van der Waals surface area contributed by atoms with Gasteiger partial charge in [0.25, 0.3) is 5.91 Å². The van der Waals surface area contributed by atoms with Gasteiger partial charge in [0.2, 0.25) is 0 Å². The minimum Gasteiger partial charge on any atom is -0.359 e. The van der Waals surface area contributed by atoms with E-state index in [1.807, 2.05) is 18.2 Å². The molecule has 0 fully saturated rings. The van der Waals surface area contributed by atoms with Crippen molar-refractivity contribution in [2.24, 2.45) is 0 Å². The molecule has 27 heavy (non-hydrogen) atoms. The lowest BCUT2D eigenvalue weighted by Crippen LogP contribution is -2.32. The number of fused-ring (bicyclic) bond motifs is 1. The summed E-state index contributed by atoms with van der Waals surface area (Å²) in [5.41, 5.74) is 2.95. The van der Waals surface area contributed by atoms with Crippen molar-refractivity contribution in [3.8, 4) is 0 Å². The fourth-order valence-corrected chi connectivity index (χ4v) is 4.25. The molecule has 0 saturated carbocycles. The van der Waals surface area contributed by atoms with Gasteiger partial charge in [0.15, 0.2) is 0 Å². The van der Waals surface area contributed by atoms with Crippen molar-refractivity contribution in [1.82, 2.24) is 9.88 Å². The molecule has 1 atom stereocenters. The Balaban J connectivity index is 1.70. The fourth-order valence-electron chi connectivity index (χ4n) is 3.09. The van der Waals surface area contributed by atoms with Gasteiger partial charge in [-0.25, -0.2) is 4.39 Å². The van der Waals surface area contributed by atoms with Crippen LogP contribution in [0.2, 0.25) is 0 Å². The molecule has 0 bridgehead atoms. The number of benzene rings is 2.